The fourth-order valence-corrected chi connectivity index (χ4v) is 1.82. The summed E-state index contributed by atoms with van der Waals surface area (Å²) in [7, 11) is 1.59. The maximum atomic E-state index is 5.96. The molecule has 0 aliphatic rings. The second-order valence-corrected chi connectivity index (χ2v) is 4.19. The Labute approximate surface area is 113 Å². The highest BCUT2D eigenvalue weighted by Crippen LogP contribution is 2.25. The molecule has 0 saturated carbocycles. The van der Waals surface area contributed by atoms with Crippen LogP contribution in [0.2, 0.25) is 0 Å². The number of pyridine rings is 1. The van der Waals surface area contributed by atoms with E-state index in [0.717, 1.165) is 12.0 Å². The fourth-order valence-electron chi connectivity index (χ4n) is 1.82. The Morgan fingerprint density at radius 3 is 2.79 bits per heavy atom. The fraction of sp³-hybridized carbons (Fsp3) is 0.267. The number of nitrogen functional groups attached to an aromatic ring is 1. The molecule has 2 rings (SSSR count). The first-order valence-corrected chi connectivity index (χ1v) is 6.23. The summed E-state index contributed by atoms with van der Waals surface area (Å²) in [4.78, 5) is 4.13. The predicted molar refractivity (Wildman–Crippen MR) is 75.4 cm³/mol. The van der Waals surface area contributed by atoms with Crippen LogP contribution in [-0.4, -0.2) is 12.1 Å². The van der Waals surface area contributed by atoms with Crippen molar-refractivity contribution in [2.75, 3.05) is 12.8 Å². The maximum Gasteiger partial charge on any atom is 0.219 e. The van der Waals surface area contributed by atoms with E-state index < -0.39 is 0 Å². The van der Waals surface area contributed by atoms with Crippen LogP contribution < -0.4 is 15.2 Å². The first-order valence-electron chi connectivity index (χ1n) is 6.23. The van der Waals surface area contributed by atoms with E-state index in [9.17, 15) is 0 Å². The molecule has 4 nitrogen and oxygen atoms in total. The molecule has 0 saturated heterocycles. The van der Waals surface area contributed by atoms with E-state index in [0.29, 0.717) is 23.9 Å². The van der Waals surface area contributed by atoms with E-state index in [1.54, 1.807) is 13.3 Å². The molecule has 19 heavy (non-hydrogen) atoms. The average molecular weight is 258 g/mol. The van der Waals surface area contributed by atoms with Gasteiger partial charge in [0.25, 0.3) is 0 Å². The van der Waals surface area contributed by atoms with Gasteiger partial charge in [-0.25, -0.2) is 4.98 Å². The van der Waals surface area contributed by atoms with Gasteiger partial charge in [-0.3, -0.25) is 0 Å². The maximum absolute atomic E-state index is 5.96. The molecule has 2 N–H and O–H groups in total. The van der Waals surface area contributed by atoms with Crippen LogP contribution in [0.4, 0.5) is 5.69 Å². The van der Waals surface area contributed by atoms with Crippen LogP contribution in [0.5, 0.6) is 11.6 Å². The molecule has 0 radical (unpaired) electrons. The first kappa shape index (κ1) is 13.2. The van der Waals surface area contributed by atoms with Crippen LogP contribution in [0, 0.1) is 0 Å². The normalized spacial score (nSPS) is 10.2. The SMILES string of the molecule is CCc1ccc(OCc2cccnc2OC)c(N)c1. The molecule has 4 heteroatoms. The summed E-state index contributed by atoms with van der Waals surface area (Å²) in [5.74, 6) is 1.26. The van der Waals surface area contributed by atoms with Crippen molar-refractivity contribution in [1.82, 2.24) is 4.98 Å². The van der Waals surface area contributed by atoms with E-state index in [1.165, 1.54) is 5.56 Å². The van der Waals surface area contributed by atoms with Crippen LogP contribution in [0.1, 0.15) is 18.1 Å². The van der Waals surface area contributed by atoms with Crippen LogP contribution >= 0.6 is 0 Å². The molecular weight excluding hydrogens is 240 g/mol. The Morgan fingerprint density at radius 2 is 2.11 bits per heavy atom. The van der Waals surface area contributed by atoms with Crippen molar-refractivity contribution < 1.29 is 9.47 Å². The first-order chi connectivity index (χ1) is 9.24. The van der Waals surface area contributed by atoms with E-state index in [2.05, 4.69) is 11.9 Å². The third-order valence-electron chi connectivity index (χ3n) is 2.91. The predicted octanol–water partition coefficient (Wildman–Crippen LogP) is 2.81. The Bertz CT molecular complexity index is 556. The highest BCUT2D eigenvalue weighted by atomic mass is 16.5. The second kappa shape index (κ2) is 6.09. The molecule has 0 aliphatic carbocycles. The van der Waals surface area contributed by atoms with Gasteiger partial charge in [0.2, 0.25) is 5.88 Å². The molecule has 2 aromatic rings. The van der Waals surface area contributed by atoms with Gasteiger partial charge in [0.05, 0.1) is 18.4 Å². The van der Waals surface area contributed by atoms with Crippen molar-refractivity contribution in [3.05, 3.63) is 47.7 Å². The van der Waals surface area contributed by atoms with E-state index in [1.807, 2.05) is 30.3 Å². The van der Waals surface area contributed by atoms with Crippen molar-refractivity contribution in [2.24, 2.45) is 0 Å². The van der Waals surface area contributed by atoms with Crippen LogP contribution in [0.15, 0.2) is 36.5 Å². The van der Waals surface area contributed by atoms with E-state index in [-0.39, 0.29) is 0 Å². The zero-order valence-electron chi connectivity index (χ0n) is 11.2. The number of aromatic nitrogens is 1. The molecule has 0 spiro atoms. The number of rotatable bonds is 5. The summed E-state index contributed by atoms with van der Waals surface area (Å²) in [5.41, 5.74) is 8.71. The molecule has 0 aliphatic heterocycles. The summed E-state index contributed by atoms with van der Waals surface area (Å²) in [6.45, 7) is 2.47. The third kappa shape index (κ3) is 3.16. The van der Waals surface area contributed by atoms with Gasteiger partial charge in [0, 0.05) is 6.20 Å². The van der Waals surface area contributed by atoms with Gasteiger partial charge < -0.3 is 15.2 Å². The van der Waals surface area contributed by atoms with Crippen molar-refractivity contribution in [3.8, 4) is 11.6 Å². The number of hydrogen-bond donors (Lipinski definition) is 1. The highest BCUT2D eigenvalue weighted by Gasteiger charge is 2.06. The minimum atomic E-state index is 0.382. The number of hydrogen-bond acceptors (Lipinski definition) is 4. The number of ether oxygens (including phenoxy) is 2. The molecule has 0 bridgehead atoms. The quantitative estimate of drug-likeness (QED) is 0.838. The summed E-state index contributed by atoms with van der Waals surface area (Å²) in [6.07, 6.45) is 2.65. The van der Waals surface area contributed by atoms with Gasteiger partial charge in [-0.1, -0.05) is 13.0 Å². The lowest BCUT2D eigenvalue weighted by Gasteiger charge is -2.11. The van der Waals surface area contributed by atoms with Gasteiger partial charge >= 0.3 is 0 Å². The number of methoxy groups -OCH3 is 1. The second-order valence-electron chi connectivity index (χ2n) is 4.19. The average Bonchev–Trinajstić information content (AvgIpc) is 2.46. The topological polar surface area (TPSA) is 57.4 Å². The lowest BCUT2D eigenvalue weighted by molar-refractivity contribution is 0.295. The van der Waals surface area contributed by atoms with Crippen molar-refractivity contribution in [1.29, 1.82) is 0 Å². The van der Waals surface area contributed by atoms with Gasteiger partial charge in [-0.2, -0.15) is 0 Å². The highest BCUT2D eigenvalue weighted by molar-refractivity contribution is 5.54. The van der Waals surface area contributed by atoms with Crippen LogP contribution in [-0.2, 0) is 13.0 Å². The van der Waals surface area contributed by atoms with Crippen molar-refractivity contribution in [3.63, 3.8) is 0 Å². The summed E-state index contributed by atoms with van der Waals surface area (Å²) < 4.78 is 10.9. The monoisotopic (exact) mass is 258 g/mol. The lowest BCUT2D eigenvalue weighted by Crippen LogP contribution is -2.02. The van der Waals surface area contributed by atoms with Gasteiger partial charge in [0.15, 0.2) is 0 Å². The van der Waals surface area contributed by atoms with Gasteiger partial charge in [-0.05, 0) is 36.2 Å². The molecule has 100 valence electrons. The number of nitrogens with two attached hydrogens (primary N) is 1. The van der Waals surface area contributed by atoms with Gasteiger partial charge in [0.1, 0.15) is 12.4 Å². The molecule has 0 amide bonds. The minimum Gasteiger partial charge on any atom is -0.487 e. The zero-order valence-corrected chi connectivity index (χ0v) is 11.2. The molecule has 1 aromatic carbocycles. The molecule has 0 atom stereocenters. The standard InChI is InChI=1S/C15H18N2O2/c1-3-11-6-7-14(13(16)9-11)19-10-12-5-4-8-17-15(12)18-2/h4-9H,3,10,16H2,1-2H3. The van der Waals surface area contributed by atoms with E-state index in [4.69, 9.17) is 15.2 Å². The molecule has 1 aromatic heterocycles. The lowest BCUT2D eigenvalue weighted by atomic mass is 10.1. The Balaban J connectivity index is 2.10. The Morgan fingerprint density at radius 1 is 1.26 bits per heavy atom. The van der Waals surface area contributed by atoms with E-state index >= 15 is 0 Å². The minimum absolute atomic E-state index is 0.382. The van der Waals surface area contributed by atoms with Crippen LogP contribution in [0.3, 0.4) is 0 Å². The number of benzene rings is 1. The van der Waals surface area contributed by atoms with Crippen molar-refractivity contribution >= 4 is 5.69 Å². The van der Waals surface area contributed by atoms with Crippen molar-refractivity contribution in [2.45, 2.75) is 20.0 Å². The zero-order chi connectivity index (χ0) is 13.7. The number of aryl methyl sites for hydroxylation is 1. The molecule has 0 fully saturated rings. The summed E-state index contributed by atoms with van der Waals surface area (Å²) in [5, 5.41) is 0. The Hall–Kier alpha value is -2.23. The van der Waals surface area contributed by atoms with Crippen LogP contribution in [0.25, 0.3) is 0 Å². The Kier molecular flexibility index (Phi) is 4.23. The largest absolute Gasteiger partial charge is 0.487 e. The molecule has 1 heterocycles. The third-order valence-corrected chi connectivity index (χ3v) is 2.91. The molecular formula is C15H18N2O2. The smallest absolute Gasteiger partial charge is 0.219 e. The number of anilines is 1. The summed E-state index contributed by atoms with van der Waals surface area (Å²) >= 11 is 0. The van der Waals surface area contributed by atoms with Gasteiger partial charge in [-0.15, -0.1) is 0 Å². The summed E-state index contributed by atoms with van der Waals surface area (Å²) in [6, 6.07) is 9.63. The molecule has 0 unspecified atom stereocenters. The number of nitrogens with zero attached hydrogens (tertiary/aromatic N) is 1.